The van der Waals surface area contributed by atoms with E-state index in [9.17, 15) is 0 Å². The predicted molar refractivity (Wildman–Crippen MR) is 120 cm³/mol. The van der Waals surface area contributed by atoms with Crippen LogP contribution in [0.15, 0.2) is 109 Å². The van der Waals surface area contributed by atoms with Crippen molar-refractivity contribution in [1.82, 2.24) is 0 Å². The Balaban J connectivity index is 0.000000201. The van der Waals surface area contributed by atoms with Gasteiger partial charge >= 0.3 is 21.7 Å². The molecule has 6 aromatic rings. The summed E-state index contributed by atoms with van der Waals surface area (Å²) >= 11 is 0. The fraction of sp³-hybridized carbons (Fsp3) is 0. The number of halogens is 2. The summed E-state index contributed by atoms with van der Waals surface area (Å²) in [6, 6.07) is 26.2. The SMILES string of the molecule is [Cl-].[Cl-].[Ti+4].c1ccc2[cH-]c(-p3cc[nH+]c3)cc2c1.c1ccc2[cH-]c(-p3cc[nH+]c3)cc2c1. The minimum atomic E-state index is -0.204. The number of fused-ring (bicyclic) bond motifs is 2. The van der Waals surface area contributed by atoms with Crippen LogP contribution in [0.1, 0.15) is 0 Å². The Bertz CT molecular complexity index is 1150. The van der Waals surface area contributed by atoms with Crippen LogP contribution in [0.3, 0.4) is 0 Å². The Morgan fingerprint density at radius 2 is 1.03 bits per heavy atom. The van der Waals surface area contributed by atoms with Crippen molar-refractivity contribution >= 4 is 36.6 Å². The van der Waals surface area contributed by atoms with Crippen LogP contribution < -0.4 is 34.8 Å². The van der Waals surface area contributed by atoms with Crippen LogP contribution in [-0.2, 0) is 21.7 Å². The van der Waals surface area contributed by atoms with Crippen LogP contribution in [0.2, 0.25) is 0 Å². The first-order valence-corrected chi connectivity index (χ1v) is 12.2. The number of hydrogen-bond acceptors (Lipinski definition) is 0. The van der Waals surface area contributed by atoms with E-state index in [0.717, 1.165) is 0 Å². The largest absolute Gasteiger partial charge is 4.00 e. The first-order chi connectivity index (χ1) is 13.9. The number of nitrogens with one attached hydrogen (secondary N) is 2. The zero-order valence-electron chi connectivity index (χ0n) is 16.5. The van der Waals surface area contributed by atoms with Gasteiger partial charge < -0.3 is 24.8 Å². The molecule has 0 bridgehead atoms. The van der Waals surface area contributed by atoms with Crippen molar-refractivity contribution in [2.75, 3.05) is 0 Å². The van der Waals surface area contributed by atoms with Gasteiger partial charge in [0.1, 0.15) is 0 Å². The molecule has 2 heterocycles. The van der Waals surface area contributed by atoms with Crippen molar-refractivity contribution in [2.45, 2.75) is 0 Å². The normalized spacial score (nSPS) is 11.0. The molecule has 0 spiro atoms. The number of aromatic amines is 2. The van der Waals surface area contributed by atoms with Crippen LogP contribution in [0, 0.1) is 0 Å². The molecule has 2 atom stereocenters. The van der Waals surface area contributed by atoms with Crippen molar-refractivity contribution in [1.29, 1.82) is 0 Å². The summed E-state index contributed by atoms with van der Waals surface area (Å²) in [5.41, 5.74) is 0. The minimum absolute atomic E-state index is 0. The second-order valence-electron chi connectivity index (χ2n) is 6.72. The average Bonchev–Trinajstić information content (AvgIpc) is 3.54. The van der Waals surface area contributed by atoms with E-state index in [2.05, 4.69) is 106 Å². The van der Waals surface area contributed by atoms with Crippen molar-refractivity contribution < 1.29 is 56.5 Å². The van der Waals surface area contributed by atoms with Gasteiger partial charge in [0.05, 0.1) is 0 Å². The number of benzene rings is 2. The molecule has 0 saturated heterocycles. The molecule has 31 heavy (non-hydrogen) atoms. The Labute approximate surface area is 211 Å². The monoisotopic (exact) mass is 516 g/mol. The Kier molecular flexibility index (Phi) is 9.79. The molecule has 2 N–H and O–H groups in total. The summed E-state index contributed by atoms with van der Waals surface area (Å²) in [6.45, 7) is 0. The maximum atomic E-state index is 3.14. The van der Waals surface area contributed by atoms with Gasteiger partial charge in [0, 0.05) is 11.6 Å². The number of aromatic nitrogens is 2. The van der Waals surface area contributed by atoms with Gasteiger partial charge in [0.2, 0.25) is 0 Å². The minimum Gasteiger partial charge on any atom is -1.00 e. The van der Waals surface area contributed by atoms with Gasteiger partial charge in [-0.3, -0.25) is 0 Å². The quantitative estimate of drug-likeness (QED) is 0.239. The first-order valence-electron chi connectivity index (χ1n) is 9.27. The Morgan fingerprint density at radius 3 is 1.39 bits per heavy atom. The zero-order valence-corrected chi connectivity index (χ0v) is 21.4. The van der Waals surface area contributed by atoms with Crippen LogP contribution in [0.4, 0.5) is 0 Å². The van der Waals surface area contributed by atoms with E-state index in [4.69, 9.17) is 0 Å². The van der Waals surface area contributed by atoms with E-state index in [-0.39, 0.29) is 61.6 Å². The van der Waals surface area contributed by atoms with Crippen LogP contribution in [-0.4, -0.2) is 0 Å². The summed E-state index contributed by atoms with van der Waals surface area (Å²) < 4.78 is 0. The average molecular weight is 517 g/mol. The molecule has 152 valence electrons. The molecule has 0 aliphatic carbocycles. The molecule has 0 saturated carbocycles. The van der Waals surface area contributed by atoms with Gasteiger partial charge in [0.15, 0.2) is 24.3 Å². The molecule has 2 aromatic heterocycles. The van der Waals surface area contributed by atoms with Crippen LogP contribution in [0.25, 0.3) is 32.2 Å². The van der Waals surface area contributed by atoms with Gasteiger partial charge in [0.25, 0.3) is 0 Å². The van der Waals surface area contributed by atoms with Crippen molar-refractivity contribution in [3.63, 3.8) is 0 Å². The summed E-state index contributed by atoms with van der Waals surface area (Å²) in [6.07, 6.45) is 4.03. The fourth-order valence-corrected chi connectivity index (χ4v) is 6.42. The van der Waals surface area contributed by atoms with Crippen molar-refractivity contribution in [3.8, 4) is 10.6 Å². The smallest absolute Gasteiger partial charge is 1.00 e. The summed E-state index contributed by atoms with van der Waals surface area (Å²) in [4.78, 5) is 6.28. The van der Waals surface area contributed by atoms with E-state index in [1.54, 1.807) is 0 Å². The molecule has 7 heteroatoms. The second-order valence-corrected chi connectivity index (χ2v) is 10.5. The van der Waals surface area contributed by atoms with E-state index in [1.807, 2.05) is 12.4 Å². The number of hydrogen-bond donors (Lipinski definition) is 0. The van der Waals surface area contributed by atoms with Gasteiger partial charge in [-0.05, 0) is 15.1 Å². The third-order valence-electron chi connectivity index (χ3n) is 4.89. The van der Waals surface area contributed by atoms with Gasteiger partial charge in [-0.2, -0.15) is 12.1 Å². The second kappa shape index (κ2) is 11.8. The van der Waals surface area contributed by atoms with Gasteiger partial charge in [-0.1, -0.05) is 22.7 Å². The van der Waals surface area contributed by atoms with Crippen LogP contribution >= 0.6 is 15.1 Å². The topological polar surface area (TPSA) is 28.3 Å². The number of H-pyrrole nitrogens is 2. The van der Waals surface area contributed by atoms with Gasteiger partial charge in [-0.25, -0.2) is 9.97 Å². The maximum Gasteiger partial charge on any atom is 4.00 e. The third kappa shape index (κ3) is 5.79. The molecule has 0 fully saturated rings. The van der Waals surface area contributed by atoms with E-state index in [1.165, 1.54) is 32.2 Å². The molecule has 0 aliphatic heterocycles. The van der Waals surface area contributed by atoms with Crippen molar-refractivity contribution in [3.05, 3.63) is 109 Å². The maximum absolute atomic E-state index is 3.14. The molecular weight excluding hydrogens is 497 g/mol. The van der Waals surface area contributed by atoms with Crippen molar-refractivity contribution in [2.24, 2.45) is 0 Å². The molecular formula is C24H20Cl2N2P2Ti+2. The first kappa shape index (κ1) is 25.6. The Hall–Kier alpha value is -1.63. The summed E-state index contributed by atoms with van der Waals surface area (Å²) in [7, 11) is -0.407. The molecule has 2 unspecified atom stereocenters. The molecule has 6 rings (SSSR count). The van der Waals surface area contributed by atoms with E-state index >= 15 is 0 Å². The molecule has 4 aromatic carbocycles. The standard InChI is InChI=1S/2C12H9NP.2ClH.Ti/c2*1-2-4-11-8-12(7-10(11)3-1)14-6-5-13-9-14;;;/h2*1-9H;2*1H;/q2*-1;;;+4. The van der Waals surface area contributed by atoms with Gasteiger partial charge in [-0.15, -0.1) is 70.1 Å². The van der Waals surface area contributed by atoms with E-state index in [0.29, 0.717) is 0 Å². The summed E-state index contributed by atoms with van der Waals surface area (Å²) in [5, 5.41) is 8.25. The van der Waals surface area contributed by atoms with Crippen LogP contribution in [0.5, 0.6) is 0 Å². The predicted octanol–water partition coefficient (Wildman–Crippen LogP) is 0.703. The zero-order chi connectivity index (χ0) is 18.8. The molecule has 0 aliphatic rings. The molecule has 0 radical (unpaired) electrons. The summed E-state index contributed by atoms with van der Waals surface area (Å²) in [5.74, 6) is 8.82. The van der Waals surface area contributed by atoms with E-state index < -0.39 is 0 Å². The Morgan fingerprint density at radius 1 is 0.613 bits per heavy atom. The molecule has 0 amide bonds. The molecule has 2 nitrogen and oxygen atoms in total. The number of rotatable bonds is 2. The third-order valence-corrected chi connectivity index (χ3v) is 8.40. The fourth-order valence-electron chi connectivity index (χ4n) is 3.47.